The topological polar surface area (TPSA) is 77.1 Å². The predicted octanol–water partition coefficient (Wildman–Crippen LogP) is 2.44. The first-order valence-corrected chi connectivity index (χ1v) is 8.24. The van der Waals surface area contributed by atoms with Crippen LogP contribution in [0.15, 0.2) is 12.3 Å². The maximum absolute atomic E-state index is 12.9. The number of hydrogen-bond donors (Lipinski definition) is 1. The lowest BCUT2D eigenvalue weighted by Gasteiger charge is -2.16. The lowest BCUT2D eigenvalue weighted by atomic mass is 10.2. The van der Waals surface area contributed by atoms with Crippen molar-refractivity contribution in [3.63, 3.8) is 0 Å². The van der Waals surface area contributed by atoms with Gasteiger partial charge in [0.2, 0.25) is 0 Å². The summed E-state index contributed by atoms with van der Waals surface area (Å²) in [7, 11) is 0. The molecule has 1 aliphatic heterocycles. The fraction of sp³-hybridized carbons (Fsp3) is 0.412. The molecule has 1 amide bonds. The number of rotatable bonds is 2. The first kappa shape index (κ1) is 14.9. The number of amides is 1. The maximum atomic E-state index is 12.9. The third-order valence-corrected chi connectivity index (χ3v) is 4.51. The number of anilines is 1. The van der Waals surface area contributed by atoms with Gasteiger partial charge in [-0.3, -0.25) is 4.79 Å². The van der Waals surface area contributed by atoms with Crippen LogP contribution in [0.2, 0.25) is 0 Å². The minimum Gasteiger partial charge on any atom is -0.315 e. The molecule has 0 bridgehead atoms. The normalized spacial score (nSPS) is 14.0. The van der Waals surface area contributed by atoms with Gasteiger partial charge in [0.15, 0.2) is 5.65 Å². The number of imidazole rings is 1. The largest absolute Gasteiger partial charge is 0.315 e. The molecular weight excluding hydrogens is 304 g/mol. The van der Waals surface area contributed by atoms with Gasteiger partial charge in [-0.15, -0.1) is 0 Å². The molecule has 0 saturated heterocycles. The van der Waals surface area contributed by atoms with Gasteiger partial charge in [-0.1, -0.05) is 0 Å². The molecule has 0 radical (unpaired) electrons. The Morgan fingerprint density at radius 3 is 2.92 bits per heavy atom. The minimum absolute atomic E-state index is 0.187. The van der Waals surface area contributed by atoms with E-state index in [4.69, 9.17) is 0 Å². The van der Waals surface area contributed by atoms with Gasteiger partial charge >= 0.3 is 0 Å². The maximum Gasteiger partial charge on any atom is 0.262 e. The van der Waals surface area contributed by atoms with E-state index in [1.54, 1.807) is 10.7 Å². The summed E-state index contributed by atoms with van der Waals surface area (Å²) in [6.07, 6.45) is 4.97. The van der Waals surface area contributed by atoms with Crippen LogP contribution >= 0.6 is 0 Å². The van der Waals surface area contributed by atoms with Gasteiger partial charge < -0.3 is 9.88 Å². The highest BCUT2D eigenvalue weighted by Crippen LogP contribution is 2.22. The number of nitrogens with zero attached hydrogens (tertiary/aromatic N) is 5. The zero-order valence-electron chi connectivity index (χ0n) is 14.1. The standard InChI is InChI=1S/C17H20N6O/c1-10-8-11(2)23-16(19-10)15(12(3)21-23)17(24)20-14-9-18-13-6-4-5-7-22(13)14/h8-9H,4-7H2,1-3H3,(H,20,24). The molecule has 0 saturated carbocycles. The molecule has 4 heterocycles. The van der Waals surface area contributed by atoms with Crippen molar-refractivity contribution in [1.29, 1.82) is 0 Å². The fourth-order valence-corrected chi connectivity index (χ4v) is 3.39. The van der Waals surface area contributed by atoms with Crippen LogP contribution in [0.5, 0.6) is 0 Å². The molecule has 1 N–H and O–H groups in total. The van der Waals surface area contributed by atoms with E-state index in [1.165, 1.54) is 0 Å². The van der Waals surface area contributed by atoms with E-state index in [-0.39, 0.29) is 5.91 Å². The van der Waals surface area contributed by atoms with E-state index in [9.17, 15) is 4.79 Å². The smallest absolute Gasteiger partial charge is 0.262 e. The van der Waals surface area contributed by atoms with Crippen molar-refractivity contribution < 1.29 is 4.79 Å². The Bertz CT molecular complexity index is 952. The summed E-state index contributed by atoms with van der Waals surface area (Å²) in [5.41, 5.74) is 3.62. The average molecular weight is 324 g/mol. The van der Waals surface area contributed by atoms with Crippen molar-refractivity contribution in [3.05, 3.63) is 40.7 Å². The summed E-state index contributed by atoms with van der Waals surface area (Å²) in [6.45, 7) is 6.62. The molecule has 24 heavy (non-hydrogen) atoms. The summed E-state index contributed by atoms with van der Waals surface area (Å²) in [5, 5.41) is 7.46. The number of aryl methyl sites for hydroxylation is 4. The minimum atomic E-state index is -0.187. The van der Waals surface area contributed by atoms with Crippen molar-refractivity contribution in [2.75, 3.05) is 5.32 Å². The molecule has 7 nitrogen and oxygen atoms in total. The van der Waals surface area contributed by atoms with Crippen LogP contribution in [-0.2, 0) is 13.0 Å². The molecule has 0 spiro atoms. The number of hydrogen-bond acceptors (Lipinski definition) is 4. The number of carbonyl (C=O) groups is 1. The second kappa shape index (κ2) is 5.43. The summed E-state index contributed by atoms with van der Waals surface area (Å²) in [6, 6.07) is 1.95. The van der Waals surface area contributed by atoms with Crippen LogP contribution in [0.25, 0.3) is 5.65 Å². The van der Waals surface area contributed by atoms with E-state index in [0.717, 1.165) is 48.8 Å². The van der Waals surface area contributed by atoms with Crippen molar-refractivity contribution >= 4 is 17.4 Å². The molecule has 7 heteroatoms. The second-order valence-corrected chi connectivity index (χ2v) is 6.36. The summed E-state index contributed by atoms with van der Waals surface area (Å²) < 4.78 is 3.81. The number of carbonyl (C=O) groups excluding carboxylic acids is 1. The summed E-state index contributed by atoms with van der Waals surface area (Å²) in [5.74, 6) is 1.60. The second-order valence-electron chi connectivity index (χ2n) is 6.36. The SMILES string of the molecule is Cc1cc(C)n2nc(C)c(C(=O)Nc3cnc4n3CCCC4)c2n1. The molecule has 124 valence electrons. The molecule has 3 aromatic heterocycles. The van der Waals surface area contributed by atoms with E-state index in [2.05, 4.69) is 25.0 Å². The quantitative estimate of drug-likeness (QED) is 0.785. The Labute approximate surface area is 139 Å². The summed E-state index contributed by atoms with van der Waals surface area (Å²) in [4.78, 5) is 21.8. The van der Waals surface area contributed by atoms with Gasteiger partial charge in [-0.2, -0.15) is 5.10 Å². The van der Waals surface area contributed by atoms with Gasteiger partial charge in [0, 0.05) is 24.4 Å². The molecule has 0 atom stereocenters. The van der Waals surface area contributed by atoms with Crippen LogP contribution in [0.3, 0.4) is 0 Å². The lowest BCUT2D eigenvalue weighted by molar-refractivity contribution is 0.102. The van der Waals surface area contributed by atoms with Gasteiger partial charge in [0.25, 0.3) is 5.91 Å². The molecule has 0 unspecified atom stereocenters. The zero-order valence-corrected chi connectivity index (χ0v) is 14.1. The predicted molar refractivity (Wildman–Crippen MR) is 90.3 cm³/mol. The van der Waals surface area contributed by atoms with E-state index >= 15 is 0 Å². The number of nitrogens with one attached hydrogen (secondary N) is 1. The Kier molecular flexibility index (Phi) is 3.37. The van der Waals surface area contributed by atoms with Crippen molar-refractivity contribution in [2.45, 2.75) is 46.6 Å². The number of aromatic nitrogens is 5. The first-order valence-electron chi connectivity index (χ1n) is 8.24. The third-order valence-electron chi connectivity index (χ3n) is 4.51. The third kappa shape index (κ3) is 2.28. The van der Waals surface area contributed by atoms with Gasteiger partial charge in [-0.05, 0) is 39.7 Å². The molecule has 0 aromatic carbocycles. The zero-order chi connectivity index (χ0) is 16.8. The van der Waals surface area contributed by atoms with Crippen LogP contribution < -0.4 is 5.32 Å². The van der Waals surface area contributed by atoms with Crippen molar-refractivity contribution in [3.8, 4) is 0 Å². The van der Waals surface area contributed by atoms with E-state index < -0.39 is 0 Å². The summed E-state index contributed by atoms with van der Waals surface area (Å²) >= 11 is 0. The first-order chi connectivity index (χ1) is 11.5. The Morgan fingerprint density at radius 1 is 1.25 bits per heavy atom. The fourth-order valence-electron chi connectivity index (χ4n) is 3.39. The van der Waals surface area contributed by atoms with Crippen LogP contribution in [0, 0.1) is 20.8 Å². The van der Waals surface area contributed by atoms with Crippen molar-refractivity contribution in [1.82, 2.24) is 24.1 Å². The molecular formula is C17H20N6O. The molecule has 0 aliphatic carbocycles. The van der Waals surface area contributed by atoms with Crippen LogP contribution in [-0.4, -0.2) is 30.1 Å². The molecule has 0 fully saturated rings. The Balaban J connectivity index is 1.74. The molecule has 1 aliphatic rings. The lowest BCUT2D eigenvalue weighted by Crippen LogP contribution is -2.19. The van der Waals surface area contributed by atoms with Crippen LogP contribution in [0.1, 0.15) is 46.1 Å². The average Bonchev–Trinajstić information content (AvgIpc) is 3.09. The van der Waals surface area contributed by atoms with Gasteiger partial charge in [0.05, 0.1) is 11.9 Å². The number of fused-ring (bicyclic) bond motifs is 2. The highest BCUT2D eigenvalue weighted by Gasteiger charge is 2.22. The molecule has 4 rings (SSSR count). The molecule has 3 aromatic rings. The van der Waals surface area contributed by atoms with Gasteiger partial charge in [-0.25, -0.2) is 14.5 Å². The van der Waals surface area contributed by atoms with Crippen molar-refractivity contribution in [2.24, 2.45) is 0 Å². The highest BCUT2D eigenvalue weighted by molar-refractivity contribution is 6.08. The Morgan fingerprint density at radius 2 is 2.08 bits per heavy atom. The van der Waals surface area contributed by atoms with Crippen LogP contribution in [0.4, 0.5) is 5.82 Å². The van der Waals surface area contributed by atoms with Gasteiger partial charge in [0.1, 0.15) is 17.2 Å². The Hall–Kier alpha value is -2.70. The highest BCUT2D eigenvalue weighted by atomic mass is 16.1. The monoisotopic (exact) mass is 324 g/mol. The van der Waals surface area contributed by atoms with E-state index in [1.807, 2.05) is 26.8 Å². The van der Waals surface area contributed by atoms with E-state index in [0.29, 0.717) is 16.9 Å².